The van der Waals surface area contributed by atoms with Crippen molar-refractivity contribution in [1.29, 1.82) is 0 Å². The third-order valence-electron chi connectivity index (χ3n) is 1.76. The van der Waals surface area contributed by atoms with E-state index in [0.717, 1.165) is 5.92 Å². The van der Waals surface area contributed by atoms with Gasteiger partial charge in [-0.25, -0.2) is 0 Å². The lowest BCUT2D eigenvalue weighted by Gasteiger charge is -2.05. The number of hydrogen-bond acceptors (Lipinski definition) is 1. The van der Waals surface area contributed by atoms with E-state index in [2.05, 4.69) is 25.8 Å². The Hall–Kier alpha value is 0.177. The zero-order valence-electron chi connectivity index (χ0n) is 8.32. The Morgan fingerprint density at radius 3 is 2.55 bits per heavy atom. The molecule has 68 valence electrons. The molecule has 11 heavy (non-hydrogen) atoms. The molecule has 0 heterocycles. The molecule has 1 N–H and O–H groups in total. The van der Waals surface area contributed by atoms with Gasteiger partial charge in [-0.05, 0) is 18.5 Å². The molecule has 0 atom stereocenters. The summed E-state index contributed by atoms with van der Waals surface area (Å²) in [7, 11) is 0.0982. The van der Waals surface area contributed by atoms with Crippen molar-refractivity contribution in [2.75, 3.05) is 6.54 Å². The fourth-order valence-electron chi connectivity index (χ4n) is 1.07. The van der Waals surface area contributed by atoms with Gasteiger partial charge < -0.3 is 4.98 Å². The van der Waals surface area contributed by atoms with Crippen molar-refractivity contribution in [2.45, 2.75) is 46.1 Å². The molecule has 0 saturated carbocycles. The molecule has 2 heteroatoms. The van der Waals surface area contributed by atoms with E-state index in [-0.39, 0.29) is 9.68 Å². The molecular formula is C9H23NSi. The Kier molecular flexibility index (Phi) is 8.41. The highest BCUT2D eigenvalue weighted by atomic mass is 28.2. The predicted octanol–water partition coefficient (Wildman–Crippen LogP) is 1.92. The summed E-state index contributed by atoms with van der Waals surface area (Å²) in [5, 5.41) is 0. The minimum absolute atomic E-state index is 0.0982. The van der Waals surface area contributed by atoms with E-state index in [1.807, 2.05) is 0 Å². The minimum atomic E-state index is 0.0982. The van der Waals surface area contributed by atoms with Crippen molar-refractivity contribution >= 4 is 9.68 Å². The highest BCUT2D eigenvalue weighted by Gasteiger charge is 1.92. The summed E-state index contributed by atoms with van der Waals surface area (Å²) in [5.74, 6) is 0.827. The van der Waals surface area contributed by atoms with Gasteiger partial charge in [0.05, 0.1) is 9.68 Å². The number of rotatable bonds is 7. The Labute approximate surface area is 73.9 Å². The molecule has 0 aliphatic carbocycles. The molecule has 0 fully saturated rings. The fraction of sp³-hybridized carbons (Fsp3) is 1.00. The summed E-state index contributed by atoms with van der Waals surface area (Å²) in [6, 6.07) is 1.49. The average molecular weight is 173 g/mol. The summed E-state index contributed by atoms with van der Waals surface area (Å²) in [4.78, 5) is 3.58. The van der Waals surface area contributed by atoms with Crippen LogP contribution in [0.25, 0.3) is 0 Å². The molecule has 0 aromatic heterocycles. The minimum Gasteiger partial charge on any atom is -0.342 e. The van der Waals surface area contributed by atoms with Gasteiger partial charge >= 0.3 is 0 Å². The average Bonchev–Trinajstić information content (AvgIpc) is 1.96. The maximum atomic E-state index is 3.58. The number of unbranched alkanes of at least 4 members (excludes halogenated alkanes) is 2. The number of hydrogen-bond donors (Lipinski definition) is 1. The second-order valence-corrected chi connectivity index (χ2v) is 5.37. The van der Waals surface area contributed by atoms with Gasteiger partial charge in [-0.1, -0.05) is 40.0 Å². The van der Waals surface area contributed by atoms with Crippen LogP contribution in [0.1, 0.15) is 40.0 Å². The van der Waals surface area contributed by atoms with Crippen LogP contribution in [0.15, 0.2) is 0 Å². The van der Waals surface area contributed by atoms with Gasteiger partial charge in [0.15, 0.2) is 0 Å². The fourth-order valence-corrected chi connectivity index (χ4v) is 2.70. The third-order valence-corrected chi connectivity index (χ3v) is 3.26. The number of nitrogens with one attached hydrogen (secondary N) is 1. The molecule has 0 spiro atoms. The van der Waals surface area contributed by atoms with E-state index in [1.54, 1.807) is 0 Å². The first kappa shape index (κ1) is 11.2. The van der Waals surface area contributed by atoms with Crippen molar-refractivity contribution < 1.29 is 0 Å². The van der Waals surface area contributed by atoms with Gasteiger partial charge in [0.1, 0.15) is 0 Å². The third kappa shape index (κ3) is 10.2. The van der Waals surface area contributed by atoms with E-state index in [0.29, 0.717) is 0 Å². The zero-order valence-corrected chi connectivity index (χ0v) is 9.73. The Morgan fingerprint density at radius 2 is 2.00 bits per heavy atom. The molecule has 0 saturated heterocycles. The highest BCUT2D eigenvalue weighted by Crippen LogP contribution is 1.97. The molecule has 1 nitrogen and oxygen atoms in total. The Balaban J connectivity index is 2.80. The monoisotopic (exact) mass is 173 g/mol. The maximum absolute atomic E-state index is 3.58. The quantitative estimate of drug-likeness (QED) is 0.458. The van der Waals surface area contributed by atoms with Gasteiger partial charge in [-0.2, -0.15) is 0 Å². The summed E-state index contributed by atoms with van der Waals surface area (Å²) in [6.07, 6.45) is 4.24. The van der Waals surface area contributed by atoms with Crippen LogP contribution in [-0.2, 0) is 0 Å². The molecule has 0 aliphatic heterocycles. The smallest absolute Gasteiger partial charge is 0.0916 e. The maximum Gasteiger partial charge on any atom is 0.0916 e. The topological polar surface area (TPSA) is 12.0 Å². The van der Waals surface area contributed by atoms with E-state index in [9.17, 15) is 0 Å². The van der Waals surface area contributed by atoms with Crippen LogP contribution in [-0.4, -0.2) is 16.2 Å². The van der Waals surface area contributed by atoms with Crippen LogP contribution in [0.3, 0.4) is 0 Å². The first-order valence-corrected chi connectivity index (χ1v) is 6.68. The lowest BCUT2D eigenvalue weighted by molar-refractivity contribution is 0.630. The van der Waals surface area contributed by atoms with Gasteiger partial charge in [-0.15, -0.1) is 0 Å². The first-order valence-electron chi connectivity index (χ1n) is 4.98. The second kappa shape index (κ2) is 8.28. The summed E-state index contributed by atoms with van der Waals surface area (Å²) in [5.41, 5.74) is 0. The van der Waals surface area contributed by atoms with Gasteiger partial charge in [-0.3, -0.25) is 0 Å². The van der Waals surface area contributed by atoms with E-state index in [1.165, 1.54) is 31.9 Å². The van der Waals surface area contributed by atoms with Gasteiger partial charge in [0.25, 0.3) is 0 Å². The predicted molar refractivity (Wildman–Crippen MR) is 55.7 cm³/mol. The second-order valence-electron chi connectivity index (χ2n) is 3.66. The molecule has 0 amide bonds. The normalized spacial score (nSPS) is 12.0. The van der Waals surface area contributed by atoms with Crippen molar-refractivity contribution in [1.82, 2.24) is 4.98 Å². The van der Waals surface area contributed by atoms with Crippen LogP contribution in [0.4, 0.5) is 0 Å². The van der Waals surface area contributed by atoms with Crippen LogP contribution >= 0.6 is 0 Å². The van der Waals surface area contributed by atoms with E-state index in [4.69, 9.17) is 0 Å². The molecular weight excluding hydrogens is 150 g/mol. The van der Waals surface area contributed by atoms with E-state index >= 15 is 0 Å². The molecule has 0 unspecified atom stereocenters. The summed E-state index contributed by atoms with van der Waals surface area (Å²) in [6.45, 7) is 8.04. The summed E-state index contributed by atoms with van der Waals surface area (Å²) < 4.78 is 0. The van der Waals surface area contributed by atoms with Crippen molar-refractivity contribution in [2.24, 2.45) is 5.92 Å². The van der Waals surface area contributed by atoms with Crippen LogP contribution < -0.4 is 4.98 Å². The molecule has 0 bridgehead atoms. The van der Waals surface area contributed by atoms with Crippen molar-refractivity contribution in [3.8, 4) is 0 Å². The lowest BCUT2D eigenvalue weighted by atomic mass is 10.2. The van der Waals surface area contributed by atoms with Crippen molar-refractivity contribution in [3.05, 3.63) is 0 Å². The molecule has 0 aliphatic rings. The molecule has 0 radical (unpaired) electrons. The van der Waals surface area contributed by atoms with Crippen LogP contribution in [0, 0.1) is 5.92 Å². The van der Waals surface area contributed by atoms with Gasteiger partial charge in [0, 0.05) is 0 Å². The molecule has 0 aromatic carbocycles. The summed E-state index contributed by atoms with van der Waals surface area (Å²) >= 11 is 0. The van der Waals surface area contributed by atoms with E-state index < -0.39 is 0 Å². The van der Waals surface area contributed by atoms with Crippen molar-refractivity contribution in [3.63, 3.8) is 0 Å². The van der Waals surface area contributed by atoms with Gasteiger partial charge in [0.2, 0.25) is 0 Å². The standard InChI is InChI=1S/C9H23NSi/c1-4-5-6-7-11-10-8-9(2)3/h9-10H,4-8,11H2,1-3H3. The zero-order chi connectivity index (χ0) is 8.53. The first-order chi connectivity index (χ1) is 5.27. The van der Waals surface area contributed by atoms with Crippen LogP contribution in [0.5, 0.6) is 0 Å². The van der Waals surface area contributed by atoms with Crippen LogP contribution in [0.2, 0.25) is 6.04 Å². The Bertz CT molecular complexity index is 74.0. The Morgan fingerprint density at radius 1 is 1.27 bits per heavy atom. The molecule has 0 rings (SSSR count). The largest absolute Gasteiger partial charge is 0.342 e. The molecule has 0 aromatic rings. The lowest BCUT2D eigenvalue weighted by Crippen LogP contribution is -2.23. The highest BCUT2D eigenvalue weighted by molar-refractivity contribution is 6.32. The SMILES string of the molecule is CCCCC[SiH2]NCC(C)C.